The van der Waals surface area contributed by atoms with Crippen LogP contribution >= 0.6 is 11.6 Å². The normalized spacial score (nSPS) is 16.6. The molecule has 6 heteroatoms. The molecule has 1 fully saturated rings. The van der Waals surface area contributed by atoms with Gasteiger partial charge >= 0.3 is 5.97 Å². The Kier molecular flexibility index (Phi) is 4.52. The molecule has 1 aliphatic carbocycles. The van der Waals surface area contributed by atoms with Gasteiger partial charge in [-0.2, -0.15) is 0 Å². The Balaban J connectivity index is 2.75. The van der Waals surface area contributed by atoms with E-state index in [4.69, 9.17) is 25.8 Å². The van der Waals surface area contributed by atoms with Crippen molar-refractivity contribution >= 4 is 17.6 Å². The van der Waals surface area contributed by atoms with E-state index < -0.39 is 11.4 Å². The van der Waals surface area contributed by atoms with E-state index >= 15 is 0 Å². The smallest absolute Gasteiger partial charge is 0.314 e. The predicted molar refractivity (Wildman–Crippen MR) is 78.9 cm³/mol. The Morgan fingerprint density at radius 3 is 2.14 bits per heavy atom. The second-order valence-electron chi connectivity index (χ2n) is 5.10. The molecule has 0 spiro atoms. The summed E-state index contributed by atoms with van der Waals surface area (Å²) in [5.74, 6) is 0.290. The Labute approximate surface area is 128 Å². The van der Waals surface area contributed by atoms with E-state index in [-0.39, 0.29) is 5.02 Å². The first-order chi connectivity index (χ1) is 10.0. The SMILES string of the molecule is COc1cc(OC)c(C2(C(=O)O)CCCC2)c(Cl)c1OC. The first-order valence-electron chi connectivity index (χ1n) is 6.74. The molecule has 0 unspecified atom stereocenters. The van der Waals surface area contributed by atoms with Gasteiger partial charge in [0.25, 0.3) is 0 Å². The highest BCUT2D eigenvalue weighted by Gasteiger charge is 2.47. The van der Waals surface area contributed by atoms with Gasteiger partial charge in [0.1, 0.15) is 5.75 Å². The molecule has 1 aliphatic rings. The third-order valence-electron chi connectivity index (χ3n) is 4.14. The van der Waals surface area contributed by atoms with E-state index in [9.17, 15) is 9.90 Å². The van der Waals surface area contributed by atoms with Gasteiger partial charge in [0.2, 0.25) is 0 Å². The summed E-state index contributed by atoms with van der Waals surface area (Å²) in [5, 5.41) is 10.0. The van der Waals surface area contributed by atoms with E-state index in [2.05, 4.69) is 0 Å². The van der Waals surface area contributed by atoms with Crippen molar-refractivity contribution in [3.63, 3.8) is 0 Å². The van der Waals surface area contributed by atoms with Gasteiger partial charge in [-0.3, -0.25) is 4.79 Å². The molecule has 0 amide bonds. The van der Waals surface area contributed by atoms with Crippen LogP contribution in [0.4, 0.5) is 0 Å². The maximum absolute atomic E-state index is 11.9. The Morgan fingerprint density at radius 1 is 1.14 bits per heavy atom. The molecule has 1 saturated carbocycles. The zero-order valence-electron chi connectivity index (χ0n) is 12.4. The number of methoxy groups -OCH3 is 3. The number of hydrogen-bond acceptors (Lipinski definition) is 4. The van der Waals surface area contributed by atoms with Crippen LogP contribution in [0.25, 0.3) is 0 Å². The van der Waals surface area contributed by atoms with Gasteiger partial charge in [0.05, 0.1) is 31.8 Å². The predicted octanol–water partition coefficient (Wildman–Crippen LogP) is 3.26. The largest absolute Gasteiger partial charge is 0.496 e. The van der Waals surface area contributed by atoms with E-state index in [1.165, 1.54) is 21.3 Å². The summed E-state index contributed by atoms with van der Waals surface area (Å²) in [6, 6.07) is 1.63. The molecule has 21 heavy (non-hydrogen) atoms. The minimum absolute atomic E-state index is 0.248. The lowest BCUT2D eigenvalue weighted by Gasteiger charge is -2.28. The number of rotatable bonds is 5. The minimum Gasteiger partial charge on any atom is -0.496 e. The molecule has 0 aromatic heterocycles. The standard InChI is InChI=1S/C15H19ClO5/c1-19-9-8-10(20-2)13(21-3)12(16)11(9)15(14(17)18)6-4-5-7-15/h8H,4-7H2,1-3H3,(H,17,18). The number of carboxylic acid groups (broad SMARTS) is 1. The lowest BCUT2D eigenvalue weighted by molar-refractivity contribution is -0.143. The minimum atomic E-state index is -1.03. The molecule has 0 saturated heterocycles. The topological polar surface area (TPSA) is 65.0 Å². The van der Waals surface area contributed by atoms with Crippen LogP contribution in [0.3, 0.4) is 0 Å². The van der Waals surface area contributed by atoms with Crippen LogP contribution in [0.15, 0.2) is 6.07 Å². The van der Waals surface area contributed by atoms with Gasteiger partial charge < -0.3 is 19.3 Å². The van der Waals surface area contributed by atoms with Crippen molar-refractivity contribution in [2.75, 3.05) is 21.3 Å². The van der Waals surface area contributed by atoms with Crippen molar-refractivity contribution in [3.8, 4) is 17.2 Å². The molecule has 5 nitrogen and oxygen atoms in total. The average Bonchev–Trinajstić information content (AvgIpc) is 2.96. The van der Waals surface area contributed by atoms with Crippen LogP contribution in [-0.4, -0.2) is 32.4 Å². The van der Waals surface area contributed by atoms with Gasteiger partial charge in [-0.15, -0.1) is 0 Å². The summed E-state index contributed by atoms with van der Waals surface area (Å²) in [6.45, 7) is 0. The molecule has 0 atom stereocenters. The summed E-state index contributed by atoms with van der Waals surface area (Å²) >= 11 is 6.44. The summed E-state index contributed by atoms with van der Waals surface area (Å²) < 4.78 is 15.9. The fourth-order valence-corrected chi connectivity index (χ4v) is 3.53. The zero-order valence-corrected chi connectivity index (χ0v) is 13.1. The maximum Gasteiger partial charge on any atom is 0.314 e. The molecule has 116 valence electrons. The molecule has 0 heterocycles. The molecule has 0 radical (unpaired) electrons. The summed E-state index contributed by atoms with van der Waals surface area (Å²) in [4.78, 5) is 11.9. The number of ether oxygens (including phenoxy) is 3. The highest BCUT2D eigenvalue weighted by atomic mass is 35.5. The van der Waals surface area contributed by atoms with Gasteiger partial charge in [-0.1, -0.05) is 24.4 Å². The molecule has 0 aliphatic heterocycles. The fourth-order valence-electron chi connectivity index (χ4n) is 3.08. The first kappa shape index (κ1) is 15.8. The molecule has 1 N–H and O–H groups in total. The third-order valence-corrected chi connectivity index (χ3v) is 4.50. The quantitative estimate of drug-likeness (QED) is 0.903. The van der Waals surface area contributed by atoms with Crippen molar-refractivity contribution in [2.45, 2.75) is 31.1 Å². The summed E-state index contributed by atoms with van der Waals surface area (Å²) in [6.07, 6.45) is 2.77. The van der Waals surface area contributed by atoms with Gasteiger partial charge in [0, 0.05) is 11.6 Å². The lowest BCUT2D eigenvalue weighted by Crippen LogP contribution is -2.33. The molecule has 1 aromatic rings. The molecular weight excluding hydrogens is 296 g/mol. The van der Waals surface area contributed by atoms with Crippen LogP contribution in [0.2, 0.25) is 5.02 Å². The molecule has 0 bridgehead atoms. The highest BCUT2D eigenvalue weighted by Crippen LogP contribution is 2.53. The lowest BCUT2D eigenvalue weighted by atomic mass is 9.78. The van der Waals surface area contributed by atoms with E-state index in [0.29, 0.717) is 35.7 Å². The van der Waals surface area contributed by atoms with Crippen LogP contribution < -0.4 is 14.2 Å². The Morgan fingerprint density at radius 2 is 1.71 bits per heavy atom. The van der Waals surface area contributed by atoms with Crippen LogP contribution in [0, 0.1) is 0 Å². The third kappa shape index (κ3) is 2.39. The highest BCUT2D eigenvalue weighted by molar-refractivity contribution is 6.33. The fraction of sp³-hybridized carbons (Fsp3) is 0.533. The number of hydrogen-bond donors (Lipinski definition) is 1. The number of halogens is 1. The van der Waals surface area contributed by atoms with Crippen molar-refractivity contribution < 1.29 is 24.1 Å². The van der Waals surface area contributed by atoms with E-state index in [0.717, 1.165) is 12.8 Å². The summed E-state index contributed by atoms with van der Waals surface area (Å²) in [5.41, 5.74) is -0.545. The molecule has 2 rings (SSSR count). The Hall–Kier alpha value is -1.62. The van der Waals surface area contributed by atoms with Crippen molar-refractivity contribution in [1.82, 2.24) is 0 Å². The zero-order chi connectivity index (χ0) is 15.6. The Bertz CT molecular complexity index is 549. The van der Waals surface area contributed by atoms with Crippen LogP contribution in [0.5, 0.6) is 17.2 Å². The molecular formula is C15H19ClO5. The number of aliphatic carboxylic acids is 1. The van der Waals surface area contributed by atoms with Crippen LogP contribution in [0.1, 0.15) is 31.2 Å². The number of carbonyl (C=O) groups is 1. The number of carboxylic acids is 1. The van der Waals surface area contributed by atoms with E-state index in [1.807, 2.05) is 0 Å². The average molecular weight is 315 g/mol. The maximum atomic E-state index is 11.9. The monoisotopic (exact) mass is 314 g/mol. The van der Waals surface area contributed by atoms with Gasteiger partial charge in [-0.25, -0.2) is 0 Å². The van der Waals surface area contributed by atoms with E-state index in [1.54, 1.807) is 6.07 Å². The van der Waals surface area contributed by atoms with Gasteiger partial charge in [0.15, 0.2) is 11.5 Å². The van der Waals surface area contributed by atoms with Gasteiger partial charge in [-0.05, 0) is 12.8 Å². The number of benzene rings is 1. The summed E-state index contributed by atoms with van der Waals surface area (Å²) in [7, 11) is 4.46. The second kappa shape index (κ2) is 6.02. The van der Waals surface area contributed by atoms with Crippen LogP contribution in [-0.2, 0) is 10.2 Å². The van der Waals surface area contributed by atoms with Crippen molar-refractivity contribution in [3.05, 3.63) is 16.7 Å². The van der Waals surface area contributed by atoms with Crippen molar-refractivity contribution in [1.29, 1.82) is 0 Å². The molecule has 1 aromatic carbocycles. The second-order valence-corrected chi connectivity index (χ2v) is 5.48. The first-order valence-corrected chi connectivity index (χ1v) is 7.12. The van der Waals surface area contributed by atoms with Crippen molar-refractivity contribution in [2.24, 2.45) is 0 Å².